The number of amides is 1. The van der Waals surface area contributed by atoms with E-state index in [9.17, 15) is 14.0 Å². The van der Waals surface area contributed by atoms with Crippen LogP contribution in [0.5, 0.6) is 0 Å². The largest absolute Gasteiger partial charge is 0.328 e. The molecule has 0 spiro atoms. The fourth-order valence-electron chi connectivity index (χ4n) is 2.71. The van der Waals surface area contributed by atoms with Crippen LogP contribution in [0.15, 0.2) is 21.8 Å². The summed E-state index contributed by atoms with van der Waals surface area (Å²) in [6.45, 7) is 1.24. The summed E-state index contributed by atoms with van der Waals surface area (Å²) < 4.78 is 17.4. The second-order valence-corrected chi connectivity index (χ2v) is 6.97. The third kappa shape index (κ3) is 2.08. The highest BCUT2D eigenvalue weighted by atomic mass is 79.9. The van der Waals surface area contributed by atoms with Gasteiger partial charge in [-0.25, -0.2) is 9.37 Å². The van der Waals surface area contributed by atoms with E-state index in [1.165, 1.54) is 17.8 Å². The Morgan fingerprint density at radius 2 is 2.23 bits per heavy atom. The normalized spacial score (nSPS) is 24.0. The van der Waals surface area contributed by atoms with Crippen LogP contribution in [-0.4, -0.2) is 37.3 Å². The molecule has 22 heavy (non-hydrogen) atoms. The molecule has 1 saturated carbocycles. The average Bonchev–Trinajstić information content (AvgIpc) is 3.35. The zero-order chi connectivity index (χ0) is 15.6. The molecule has 1 aliphatic heterocycles. The number of carbonyl (C=O) groups excluding carboxylic acids is 1. The maximum atomic E-state index is 13.5. The number of rotatable bonds is 3. The number of hydrogen-bond acceptors (Lipinski definition) is 3. The summed E-state index contributed by atoms with van der Waals surface area (Å²) in [7, 11) is 0. The van der Waals surface area contributed by atoms with Crippen molar-refractivity contribution in [1.82, 2.24) is 19.0 Å². The molecule has 116 valence electrons. The molecule has 0 radical (unpaired) electrons. The van der Waals surface area contributed by atoms with Gasteiger partial charge >= 0.3 is 0 Å². The molecule has 4 rings (SSSR count). The molecule has 3 heterocycles. The molecule has 6 nitrogen and oxygen atoms in total. The van der Waals surface area contributed by atoms with Crippen molar-refractivity contribution in [3.05, 3.63) is 27.4 Å². The Kier molecular flexibility index (Phi) is 2.79. The van der Waals surface area contributed by atoms with Gasteiger partial charge in [-0.2, -0.15) is 0 Å². The molecule has 0 N–H and O–H groups in total. The lowest BCUT2D eigenvalue weighted by atomic mass is 10.4. The van der Waals surface area contributed by atoms with E-state index in [2.05, 4.69) is 20.9 Å². The van der Waals surface area contributed by atoms with Crippen LogP contribution in [0.4, 0.5) is 4.39 Å². The third-order valence-electron chi connectivity index (χ3n) is 4.21. The minimum atomic E-state index is -1.58. The predicted molar refractivity (Wildman–Crippen MR) is 81.2 cm³/mol. The fraction of sp³-hybridized carbons (Fsp3) is 0.500. The van der Waals surface area contributed by atoms with Crippen LogP contribution in [0.1, 0.15) is 25.8 Å². The van der Waals surface area contributed by atoms with Gasteiger partial charge in [-0.05, 0) is 35.7 Å². The minimum absolute atomic E-state index is 0.0814. The Hall–Kier alpha value is -1.70. The van der Waals surface area contributed by atoms with Crippen molar-refractivity contribution in [3.63, 3.8) is 0 Å². The number of carbonyl (C=O) groups is 1. The van der Waals surface area contributed by atoms with Gasteiger partial charge in [0.15, 0.2) is 5.79 Å². The molecule has 2 aromatic heterocycles. The molecule has 8 heteroatoms. The number of halogens is 2. The summed E-state index contributed by atoms with van der Waals surface area (Å²) in [6, 6.07) is 0.406. The van der Waals surface area contributed by atoms with E-state index in [0.717, 1.165) is 17.7 Å². The molecule has 1 unspecified atom stereocenters. The molecule has 0 aromatic carbocycles. The first kappa shape index (κ1) is 13.9. The van der Waals surface area contributed by atoms with Crippen molar-refractivity contribution in [1.29, 1.82) is 0 Å². The lowest BCUT2D eigenvalue weighted by molar-refractivity contribution is -0.128. The van der Waals surface area contributed by atoms with Crippen LogP contribution in [-0.2, 0) is 11.3 Å². The number of alkyl halides is 1. The summed E-state index contributed by atoms with van der Waals surface area (Å²) in [4.78, 5) is 30.0. The van der Waals surface area contributed by atoms with Crippen LogP contribution < -0.4 is 5.56 Å². The highest BCUT2D eigenvalue weighted by Gasteiger charge is 2.51. The highest BCUT2D eigenvalue weighted by molar-refractivity contribution is 9.10. The number of hydrogen-bond donors (Lipinski definition) is 0. The van der Waals surface area contributed by atoms with Gasteiger partial charge < -0.3 is 9.47 Å². The van der Waals surface area contributed by atoms with Crippen LogP contribution >= 0.6 is 15.9 Å². The zero-order valence-corrected chi connectivity index (χ0v) is 13.5. The molecule has 1 atom stereocenters. The summed E-state index contributed by atoms with van der Waals surface area (Å²) in [5.41, 5.74) is 0.345. The average molecular weight is 369 g/mol. The maximum Gasteiger partial charge on any atom is 0.264 e. The van der Waals surface area contributed by atoms with E-state index in [0.29, 0.717) is 21.5 Å². The van der Waals surface area contributed by atoms with Crippen molar-refractivity contribution >= 4 is 32.9 Å². The quantitative estimate of drug-likeness (QED) is 0.613. The Morgan fingerprint density at radius 3 is 2.82 bits per heavy atom. The van der Waals surface area contributed by atoms with E-state index in [-0.39, 0.29) is 18.6 Å². The van der Waals surface area contributed by atoms with Gasteiger partial charge in [-0.3, -0.25) is 14.2 Å². The van der Waals surface area contributed by atoms with Crippen LogP contribution in [0.2, 0.25) is 0 Å². The summed E-state index contributed by atoms with van der Waals surface area (Å²) in [6.07, 6.45) is 5.41. The predicted octanol–water partition coefficient (Wildman–Crippen LogP) is 1.82. The molecular formula is C14H14BrFN4O2. The van der Waals surface area contributed by atoms with E-state index >= 15 is 0 Å². The SMILES string of the molecule is CC1(F)CN1C(=O)Cn1cnc2c(c(Br)cn2C2CC2)c1=O. The van der Waals surface area contributed by atoms with E-state index in [1.54, 1.807) is 0 Å². The summed E-state index contributed by atoms with van der Waals surface area (Å²) in [5.74, 6) is -1.99. The van der Waals surface area contributed by atoms with Crippen molar-refractivity contribution < 1.29 is 9.18 Å². The molecular weight excluding hydrogens is 355 g/mol. The molecule has 2 fully saturated rings. The summed E-state index contributed by atoms with van der Waals surface area (Å²) in [5, 5.41) is 0.469. The standard InChI is InChI=1S/C14H14BrFN4O2/c1-14(16)6-20(14)10(21)5-18-7-17-12-11(13(18)22)9(15)4-19(12)8-2-3-8/h4,7-8H,2-3,5-6H2,1H3. The number of aromatic nitrogens is 3. The summed E-state index contributed by atoms with van der Waals surface area (Å²) >= 11 is 3.39. The van der Waals surface area contributed by atoms with E-state index in [4.69, 9.17) is 0 Å². The van der Waals surface area contributed by atoms with Gasteiger partial charge in [0.2, 0.25) is 5.91 Å². The van der Waals surface area contributed by atoms with Gasteiger partial charge in [0, 0.05) is 12.2 Å². The first-order chi connectivity index (χ1) is 10.4. The Bertz CT molecular complexity index is 852. The van der Waals surface area contributed by atoms with Crippen molar-refractivity contribution in [2.45, 2.75) is 38.1 Å². The van der Waals surface area contributed by atoms with Crippen LogP contribution in [0, 0.1) is 0 Å². The van der Waals surface area contributed by atoms with Gasteiger partial charge in [0.1, 0.15) is 18.5 Å². The number of nitrogens with zero attached hydrogens (tertiary/aromatic N) is 4. The number of fused-ring (bicyclic) bond motifs is 1. The topological polar surface area (TPSA) is 59.9 Å². The monoisotopic (exact) mass is 368 g/mol. The second kappa shape index (κ2) is 4.41. The first-order valence-corrected chi connectivity index (χ1v) is 7.92. The highest BCUT2D eigenvalue weighted by Crippen LogP contribution is 2.38. The fourth-order valence-corrected chi connectivity index (χ4v) is 3.28. The van der Waals surface area contributed by atoms with E-state index < -0.39 is 11.7 Å². The van der Waals surface area contributed by atoms with Gasteiger partial charge in [-0.15, -0.1) is 0 Å². The molecule has 1 saturated heterocycles. The smallest absolute Gasteiger partial charge is 0.264 e. The van der Waals surface area contributed by atoms with Crippen LogP contribution in [0.25, 0.3) is 11.0 Å². The molecule has 0 bridgehead atoms. The molecule has 2 aromatic rings. The second-order valence-electron chi connectivity index (χ2n) is 6.11. The molecule has 2 aliphatic rings. The first-order valence-electron chi connectivity index (χ1n) is 7.13. The van der Waals surface area contributed by atoms with Crippen LogP contribution in [0.3, 0.4) is 0 Å². The lowest BCUT2D eigenvalue weighted by Gasteiger charge is -2.08. The Balaban J connectivity index is 1.71. The maximum absolute atomic E-state index is 13.5. The van der Waals surface area contributed by atoms with Crippen molar-refractivity contribution in [3.8, 4) is 0 Å². The molecule has 1 aliphatic carbocycles. The van der Waals surface area contributed by atoms with Gasteiger partial charge in [0.25, 0.3) is 5.56 Å². The lowest BCUT2D eigenvalue weighted by Crippen LogP contribution is -2.29. The van der Waals surface area contributed by atoms with Crippen molar-refractivity contribution in [2.24, 2.45) is 0 Å². The molecule has 1 amide bonds. The van der Waals surface area contributed by atoms with Gasteiger partial charge in [0.05, 0.1) is 16.4 Å². The minimum Gasteiger partial charge on any atom is -0.328 e. The Morgan fingerprint density at radius 1 is 1.55 bits per heavy atom. The van der Waals surface area contributed by atoms with E-state index in [1.807, 2.05) is 10.8 Å². The Labute approximate surface area is 133 Å². The third-order valence-corrected chi connectivity index (χ3v) is 4.81. The van der Waals surface area contributed by atoms with Gasteiger partial charge in [-0.1, -0.05) is 0 Å². The van der Waals surface area contributed by atoms with Crippen molar-refractivity contribution in [2.75, 3.05) is 6.54 Å². The zero-order valence-electron chi connectivity index (χ0n) is 11.9.